The largest absolute Gasteiger partial charge is 0.385 e. The molecule has 0 radical (unpaired) electrons. The first-order valence-electron chi connectivity index (χ1n) is 3.67. The van der Waals surface area contributed by atoms with Crippen molar-refractivity contribution in [3.8, 4) is 0 Å². The summed E-state index contributed by atoms with van der Waals surface area (Å²) in [6, 6.07) is 2.19. The van der Waals surface area contributed by atoms with Gasteiger partial charge in [0.2, 0.25) is 0 Å². The van der Waals surface area contributed by atoms with Crippen molar-refractivity contribution in [1.29, 1.82) is 0 Å². The second-order valence-electron chi connectivity index (χ2n) is 2.67. The number of aliphatic hydroxyl groups excluding tert-OH is 1. The molecule has 2 unspecified atom stereocenters. The van der Waals surface area contributed by atoms with Crippen LogP contribution in [-0.2, 0) is 0 Å². The minimum absolute atomic E-state index is 0.00694. The second-order valence-corrected chi connectivity index (χ2v) is 2.67. The standard InChI is InChI=1S/C8H11FN2O/c1-5(10)8(12)7-6(9)3-2-4-11-7/h2-5,8,12H,10H2,1H3. The quantitative estimate of drug-likeness (QED) is 0.683. The Labute approximate surface area is 70.0 Å². The SMILES string of the molecule is CC(N)C(O)c1ncccc1F. The average molecular weight is 170 g/mol. The summed E-state index contributed by atoms with van der Waals surface area (Å²) >= 11 is 0. The van der Waals surface area contributed by atoms with Gasteiger partial charge in [-0.1, -0.05) is 0 Å². The van der Waals surface area contributed by atoms with E-state index in [1.165, 1.54) is 18.3 Å². The summed E-state index contributed by atoms with van der Waals surface area (Å²) in [6.07, 6.45) is 0.385. The minimum Gasteiger partial charge on any atom is -0.385 e. The van der Waals surface area contributed by atoms with Gasteiger partial charge in [0.25, 0.3) is 0 Å². The fourth-order valence-electron chi connectivity index (χ4n) is 0.865. The first-order valence-corrected chi connectivity index (χ1v) is 3.67. The second kappa shape index (κ2) is 3.60. The van der Waals surface area contributed by atoms with Crippen LogP contribution in [0.1, 0.15) is 18.7 Å². The molecular weight excluding hydrogens is 159 g/mol. The highest BCUT2D eigenvalue weighted by Gasteiger charge is 2.17. The number of halogens is 1. The molecule has 4 heteroatoms. The van der Waals surface area contributed by atoms with E-state index < -0.39 is 18.0 Å². The van der Waals surface area contributed by atoms with Gasteiger partial charge in [-0.25, -0.2) is 4.39 Å². The molecule has 1 aromatic rings. The fraction of sp³-hybridized carbons (Fsp3) is 0.375. The molecule has 0 saturated heterocycles. The molecule has 0 aliphatic carbocycles. The van der Waals surface area contributed by atoms with Gasteiger partial charge in [-0.15, -0.1) is 0 Å². The van der Waals surface area contributed by atoms with Gasteiger partial charge in [-0.05, 0) is 19.1 Å². The first kappa shape index (κ1) is 9.09. The van der Waals surface area contributed by atoms with Crippen LogP contribution in [0.4, 0.5) is 4.39 Å². The highest BCUT2D eigenvalue weighted by molar-refractivity contribution is 5.11. The van der Waals surface area contributed by atoms with E-state index in [4.69, 9.17) is 5.73 Å². The van der Waals surface area contributed by atoms with E-state index in [-0.39, 0.29) is 5.69 Å². The highest BCUT2D eigenvalue weighted by atomic mass is 19.1. The lowest BCUT2D eigenvalue weighted by molar-refractivity contribution is 0.144. The van der Waals surface area contributed by atoms with Crippen molar-refractivity contribution in [3.05, 3.63) is 29.8 Å². The number of aliphatic hydroxyl groups is 1. The van der Waals surface area contributed by atoms with Crippen LogP contribution in [0, 0.1) is 5.82 Å². The van der Waals surface area contributed by atoms with Gasteiger partial charge in [-0.3, -0.25) is 4.98 Å². The van der Waals surface area contributed by atoms with Crippen LogP contribution >= 0.6 is 0 Å². The average Bonchev–Trinajstić information content (AvgIpc) is 2.04. The zero-order valence-electron chi connectivity index (χ0n) is 6.74. The number of aromatic nitrogens is 1. The van der Waals surface area contributed by atoms with E-state index in [9.17, 15) is 9.50 Å². The lowest BCUT2D eigenvalue weighted by Crippen LogP contribution is -2.25. The van der Waals surface area contributed by atoms with E-state index in [0.29, 0.717) is 0 Å². The lowest BCUT2D eigenvalue weighted by atomic mass is 10.1. The normalized spacial score (nSPS) is 15.7. The lowest BCUT2D eigenvalue weighted by Gasteiger charge is -2.13. The molecule has 1 heterocycles. The molecular formula is C8H11FN2O. The molecule has 0 aromatic carbocycles. The molecule has 0 aliphatic rings. The molecule has 1 rings (SSSR count). The third kappa shape index (κ3) is 1.78. The molecule has 66 valence electrons. The van der Waals surface area contributed by atoms with E-state index in [0.717, 1.165) is 0 Å². The molecule has 0 bridgehead atoms. The highest BCUT2D eigenvalue weighted by Crippen LogP contribution is 2.15. The molecule has 3 nitrogen and oxygen atoms in total. The van der Waals surface area contributed by atoms with Crippen LogP contribution in [0.25, 0.3) is 0 Å². The number of rotatable bonds is 2. The van der Waals surface area contributed by atoms with Crippen LogP contribution in [0.5, 0.6) is 0 Å². The van der Waals surface area contributed by atoms with Crippen LogP contribution in [-0.4, -0.2) is 16.1 Å². The number of nitrogens with two attached hydrogens (primary N) is 1. The van der Waals surface area contributed by atoms with Crippen molar-refractivity contribution < 1.29 is 9.50 Å². The van der Waals surface area contributed by atoms with Crippen LogP contribution in [0.3, 0.4) is 0 Å². The van der Waals surface area contributed by atoms with Crippen molar-refractivity contribution in [2.75, 3.05) is 0 Å². The Morgan fingerprint density at radius 2 is 2.33 bits per heavy atom. The van der Waals surface area contributed by atoms with E-state index in [1.54, 1.807) is 6.92 Å². The Kier molecular flexibility index (Phi) is 2.73. The van der Waals surface area contributed by atoms with Crippen LogP contribution in [0.2, 0.25) is 0 Å². The predicted octanol–water partition coefficient (Wildman–Crippen LogP) is 0.601. The maximum Gasteiger partial charge on any atom is 0.147 e. The molecule has 0 aliphatic heterocycles. The Morgan fingerprint density at radius 1 is 1.67 bits per heavy atom. The molecule has 2 atom stereocenters. The Bertz CT molecular complexity index is 265. The maximum absolute atomic E-state index is 12.9. The number of hydrogen-bond donors (Lipinski definition) is 2. The van der Waals surface area contributed by atoms with Gasteiger partial charge in [0.15, 0.2) is 0 Å². The number of nitrogens with zero attached hydrogens (tertiary/aromatic N) is 1. The molecule has 12 heavy (non-hydrogen) atoms. The monoisotopic (exact) mass is 170 g/mol. The molecule has 0 fully saturated rings. The topological polar surface area (TPSA) is 59.1 Å². The summed E-state index contributed by atoms with van der Waals surface area (Å²) in [4.78, 5) is 3.69. The molecule has 0 saturated carbocycles. The summed E-state index contributed by atoms with van der Waals surface area (Å²) < 4.78 is 12.9. The van der Waals surface area contributed by atoms with Crippen molar-refractivity contribution in [3.63, 3.8) is 0 Å². The smallest absolute Gasteiger partial charge is 0.147 e. The van der Waals surface area contributed by atoms with Gasteiger partial charge in [-0.2, -0.15) is 0 Å². The summed E-state index contributed by atoms with van der Waals surface area (Å²) in [5.74, 6) is -0.526. The molecule has 0 amide bonds. The Balaban J connectivity index is 2.94. The summed E-state index contributed by atoms with van der Waals surface area (Å²) in [5.41, 5.74) is 5.39. The molecule has 1 aromatic heterocycles. The maximum atomic E-state index is 12.9. The van der Waals surface area contributed by atoms with Crippen molar-refractivity contribution in [2.45, 2.75) is 19.1 Å². The van der Waals surface area contributed by atoms with E-state index >= 15 is 0 Å². The van der Waals surface area contributed by atoms with Crippen molar-refractivity contribution >= 4 is 0 Å². The van der Waals surface area contributed by atoms with Gasteiger partial charge in [0.1, 0.15) is 17.6 Å². The molecule has 3 N–H and O–H groups in total. The minimum atomic E-state index is -1.04. The summed E-state index contributed by atoms with van der Waals surface area (Å²) in [5, 5.41) is 9.35. The fourth-order valence-corrected chi connectivity index (χ4v) is 0.865. The van der Waals surface area contributed by atoms with Crippen molar-refractivity contribution in [2.24, 2.45) is 5.73 Å². The van der Waals surface area contributed by atoms with Crippen LogP contribution < -0.4 is 5.73 Å². The van der Waals surface area contributed by atoms with Gasteiger partial charge in [0, 0.05) is 12.2 Å². The Morgan fingerprint density at radius 3 is 2.83 bits per heavy atom. The number of hydrogen-bond acceptors (Lipinski definition) is 3. The third-order valence-corrected chi connectivity index (χ3v) is 1.57. The van der Waals surface area contributed by atoms with Crippen molar-refractivity contribution in [1.82, 2.24) is 4.98 Å². The van der Waals surface area contributed by atoms with Gasteiger partial charge in [0.05, 0.1) is 0 Å². The van der Waals surface area contributed by atoms with Gasteiger partial charge < -0.3 is 10.8 Å². The third-order valence-electron chi connectivity index (χ3n) is 1.57. The number of pyridine rings is 1. The van der Waals surface area contributed by atoms with E-state index in [2.05, 4.69) is 4.98 Å². The zero-order chi connectivity index (χ0) is 9.14. The molecule has 0 spiro atoms. The van der Waals surface area contributed by atoms with Crippen LogP contribution in [0.15, 0.2) is 18.3 Å². The van der Waals surface area contributed by atoms with E-state index in [1.807, 2.05) is 0 Å². The summed E-state index contributed by atoms with van der Waals surface area (Å²) in [7, 11) is 0. The first-order chi connectivity index (χ1) is 5.63. The Hall–Kier alpha value is -1.00. The summed E-state index contributed by atoms with van der Waals surface area (Å²) in [6.45, 7) is 1.60. The van der Waals surface area contributed by atoms with Gasteiger partial charge >= 0.3 is 0 Å². The zero-order valence-corrected chi connectivity index (χ0v) is 6.74. The predicted molar refractivity (Wildman–Crippen MR) is 42.8 cm³/mol.